The molecule has 44 heavy (non-hydrogen) atoms. The summed E-state index contributed by atoms with van der Waals surface area (Å²) in [7, 11) is 0. The molecule has 0 N–H and O–H groups in total. The average molecular weight is 650 g/mol. The molecule has 3 saturated heterocycles. The molecule has 0 unspecified atom stereocenters. The van der Waals surface area contributed by atoms with Crippen LogP contribution in [0.3, 0.4) is 0 Å². The highest BCUT2D eigenvalue weighted by Gasteiger charge is 2.46. The Balaban J connectivity index is 1.36. The second-order valence-corrected chi connectivity index (χ2v) is 13.0. The predicted octanol–water partition coefficient (Wildman–Crippen LogP) is 5.19. The molecule has 2 aromatic rings. The van der Waals surface area contributed by atoms with Gasteiger partial charge in [0.15, 0.2) is 0 Å². The first kappa shape index (κ1) is 32.3. The van der Waals surface area contributed by atoms with Crippen LogP contribution in [0.4, 0.5) is 36.8 Å². The molecular formula is C28H33F6N5O4S. The van der Waals surface area contributed by atoms with E-state index in [1.807, 2.05) is 0 Å². The summed E-state index contributed by atoms with van der Waals surface area (Å²) >= 11 is 1.64. The van der Waals surface area contributed by atoms with Crippen molar-refractivity contribution in [2.75, 3.05) is 55.8 Å². The quantitative estimate of drug-likeness (QED) is 0.420. The Hall–Kier alpha value is -3.14. The van der Waals surface area contributed by atoms with E-state index in [0.717, 1.165) is 30.0 Å². The van der Waals surface area contributed by atoms with E-state index in [0.29, 0.717) is 31.9 Å². The number of carbonyl (C=O) groups is 2. The Kier molecular flexibility index (Phi) is 8.79. The van der Waals surface area contributed by atoms with Crippen LogP contribution in [0.1, 0.15) is 32.9 Å². The van der Waals surface area contributed by atoms with Crippen LogP contribution >= 0.6 is 11.8 Å². The SMILES string of the molecule is CC(C)(C)OC(=O)N1C[C@@H](N2CCN(c3cc(C(F)(F)F)nc4ccc(OC(F)(F)F)cc34)CC2)C[C@H]1C(=O)N1CCSC1. The Morgan fingerprint density at radius 1 is 0.977 bits per heavy atom. The van der Waals surface area contributed by atoms with Gasteiger partial charge in [-0.15, -0.1) is 24.9 Å². The second kappa shape index (κ2) is 12.0. The zero-order chi connectivity index (χ0) is 32.0. The third kappa shape index (κ3) is 7.38. The van der Waals surface area contributed by atoms with E-state index in [1.54, 1.807) is 42.3 Å². The number of thioether (sulfide) groups is 1. The molecule has 0 radical (unpaired) electrons. The fourth-order valence-electron chi connectivity index (χ4n) is 5.75. The van der Waals surface area contributed by atoms with E-state index in [4.69, 9.17) is 4.74 Å². The van der Waals surface area contributed by atoms with Crippen LogP contribution in [0.15, 0.2) is 24.3 Å². The number of fused-ring (bicyclic) bond motifs is 1. The van der Waals surface area contributed by atoms with Crippen molar-refractivity contribution in [3.63, 3.8) is 0 Å². The minimum atomic E-state index is -4.97. The predicted molar refractivity (Wildman–Crippen MR) is 151 cm³/mol. The van der Waals surface area contributed by atoms with E-state index in [1.165, 1.54) is 4.90 Å². The molecule has 4 heterocycles. The molecule has 2 atom stereocenters. The van der Waals surface area contributed by atoms with Crippen LogP contribution in [0.2, 0.25) is 0 Å². The third-order valence-corrected chi connectivity index (χ3v) is 8.68. The first-order valence-electron chi connectivity index (χ1n) is 14.1. The van der Waals surface area contributed by atoms with Crippen molar-refractivity contribution in [1.82, 2.24) is 19.7 Å². The maximum Gasteiger partial charge on any atom is 0.573 e. The van der Waals surface area contributed by atoms with Crippen molar-refractivity contribution in [3.05, 3.63) is 30.0 Å². The molecule has 16 heteroatoms. The van der Waals surface area contributed by atoms with E-state index in [-0.39, 0.29) is 48.2 Å². The number of alkyl halides is 6. The molecule has 242 valence electrons. The largest absolute Gasteiger partial charge is 0.573 e. The summed E-state index contributed by atoms with van der Waals surface area (Å²) in [5, 5.41) is 0.0966. The maximum absolute atomic E-state index is 13.7. The van der Waals surface area contributed by atoms with Crippen LogP contribution in [-0.2, 0) is 15.7 Å². The molecule has 1 aromatic carbocycles. The summed E-state index contributed by atoms with van der Waals surface area (Å²) in [6, 6.07) is 3.00. The third-order valence-electron chi connectivity index (χ3n) is 7.71. The number of nitrogens with zero attached hydrogens (tertiary/aromatic N) is 5. The van der Waals surface area contributed by atoms with Crippen molar-refractivity contribution in [2.24, 2.45) is 0 Å². The lowest BCUT2D eigenvalue weighted by Crippen LogP contribution is -2.51. The van der Waals surface area contributed by atoms with E-state index >= 15 is 0 Å². The van der Waals surface area contributed by atoms with Gasteiger partial charge in [-0.1, -0.05) is 0 Å². The number of benzene rings is 1. The fourth-order valence-corrected chi connectivity index (χ4v) is 6.71. The second-order valence-electron chi connectivity index (χ2n) is 12.0. The zero-order valence-electron chi connectivity index (χ0n) is 24.4. The van der Waals surface area contributed by atoms with Gasteiger partial charge in [-0.05, 0) is 51.5 Å². The summed E-state index contributed by atoms with van der Waals surface area (Å²) < 4.78 is 89.4. The van der Waals surface area contributed by atoms with Gasteiger partial charge in [-0.25, -0.2) is 9.78 Å². The van der Waals surface area contributed by atoms with E-state index in [2.05, 4.69) is 14.6 Å². The van der Waals surface area contributed by atoms with Crippen LogP contribution in [0, 0.1) is 0 Å². The number of hydrogen-bond acceptors (Lipinski definition) is 8. The molecular weight excluding hydrogens is 616 g/mol. The van der Waals surface area contributed by atoms with Gasteiger partial charge in [0.1, 0.15) is 23.1 Å². The van der Waals surface area contributed by atoms with Crippen LogP contribution in [-0.4, -0.2) is 107 Å². The number of piperazine rings is 1. The van der Waals surface area contributed by atoms with Gasteiger partial charge in [0.05, 0.1) is 11.4 Å². The molecule has 0 saturated carbocycles. The Morgan fingerprint density at radius 2 is 1.68 bits per heavy atom. The first-order valence-corrected chi connectivity index (χ1v) is 15.3. The van der Waals surface area contributed by atoms with Gasteiger partial charge in [0.2, 0.25) is 5.91 Å². The first-order chi connectivity index (χ1) is 20.5. The van der Waals surface area contributed by atoms with Crippen LogP contribution < -0.4 is 9.64 Å². The number of amides is 2. The molecule has 5 rings (SSSR count). The van der Waals surface area contributed by atoms with Gasteiger partial charge in [-0.3, -0.25) is 14.6 Å². The smallest absolute Gasteiger partial charge is 0.444 e. The summed E-state index contributed by atoms with van der Waals surface area (Å²) in [5.41, 5.74) is -1.93. The summed E-state index contributed by atoms with van der Waals surface area (Å²) in [6.07, 6.45) is -9.94. The summed E-state index contributed by atoms with van der Waals surface area (Å²) in [4.78, 5) is 37.1. The molecule has 0 spiro atoms. The van der Waals surface area contributed by atoms with E-state index in [9.17, 15) is 35.9 Å². The number of rotatable bonds is 4. The highest BCUT2D eigenvalue weighted by Crippen LogP contribution is 2.38. The van der Waals surface area contributed by atoms with Crippen molar-refractivity contribution < 1.29 is 45.4 Å². The number of halogens is 6. The molecule has 3 fully saturated rings. The highest BCUT2D eigenvalue weighted by molar-refractivity contribution is 7.99. The van der Waals surface area contributed by atoms with Crippen molar-refractivity contribution >= 4 is 40.4 Å². The number of hydrogen-bond donors (Lipinski definition) is 0. The van der Waals surface area contributed by atoms with Gasteiger partial charge in [-0.2, -0.15) is 13.2 Å². The van der Waals surface area contributed by atoms with Crippen LogP contribution in [0.5, 0.6) is 5.75 Å². The Bertz CT molecular complexity index is 1390. The molecule has 0 bridgehead atoms. The minimum Gasteiger partial charge on any atom is -0.444 e. The standard InChI is InChI=1S/C28H33F6N5O4S/c1-26(2,3)43-25(41)39-15-17(12-22(39)24(40)38-10-11-44-16-38)36-6-8-37(9-7-36)21-14-23(27(29,30)31)35-20-5-4-18(13-19(20)21)42-28(32,33)34/h4-5,13-14,17,22H,6-12,15-16H2,1-3H3/t17-,22-/m0/s1. The normalized spacial score (nSPS) is 22.2. The summed E-state index contributed by atoms with van der Waals surface area (Å²) in [6.45, 7) is 7.37. The molecule has 0 aliphatic carbocycles. The Labute approximate surface area is 254 Å². The van der Waals surface area contributed by atoms with Gasteiger partial charge in [0, 0.05) is 62.1 Å². The van der Waals surface area contributed by atoms with Crippen molar-refractivity contribution in [2.45, 2.75) is 57.4 Å². The maximum atomic E-state index is 13.7. The number of aromatic nitrogens is 1. The van der Waals surface area contributed by atoms with Crippen molar-refractivity contribution in [3.8, 4) is 5.75 Å². The number of anilines is 1. The molecule has 3 aliphatic heterocycles. The monoisotopic (exact) mass is 649 g/mol. The number of ether oxygens (including phenoxy) is 2. The Morgan fingerprint density at radius 3 is 2.27 bits per heavy atom. The lowest BCUT2D eigenvalue weighted by molar-refractivity contribution is -0.274. The van der Waals surface area contributed by atoms with Crippen LogP contribution in [0.25, 0.3) is 10.9 Å². The number of carbonyl (C=O) groups excluding carboxylic acids is 2. The van der Waals surface area contributed by atoms with Gasteiger partial charge >= 0.3 is 18.6 Å². The molecule has 3 aliphatic rings. The fraction of sp³-hybridized carbons (Fsp3) is 0.607. The zero-order valence-corrected chi connectivity index (χ0v) is 25.2. The highest BCUT2D eigenvalue weighted by atomic mass is 32.2. The number of pyridine rings is 1. The lowest BCUT2D eigenvalue weighted by Gasteiger charge is -2.39. The minimum absolute atomic E-state index is 0.0935. The van der Waals surface area contributed by atoms with Gasteiger partial charge < -0.3 is 19.3 Å². The molecule has 9 nitrogen and oxygen atoms in total. The number of likely N-dealkylation sites (tertiary alicyclic amines) is 1. The lowest BCUT2D eigenvalue weighted by atomic mass is 10.1. The summed E-state index contributed by atoms with van der Waals surface area (Å²) in [5.74, 6) is 0.671. The van der Waals surface area contributed by atoms with Crippen molar-refractivity contribution in [1.29, 1.82) is 0 Å². The topological polar surface area (TPSA) is 78.5 Å². The molecule has 1 aromatic heterocycles. The average Bonchev–Trinajstić information content (AvgIpc) is 3.61. The molecule has 2 amide bonds. The van der Waals surface area contributed by atoms with Gasteiger partial charge in [0.25, 0.3) is 0 Å². The van der Waals surface area contributed by atoms with E-state index < -0.39 is 41.7 Å².